The molecule has 0 unspecified atom stereocenters. The van der Waals surface area contributed by atoms with Crippen LogP contribution in [-0.4, -0.2) is 30.2 Å². The number of hydrogen-bond donors (Lipinski definition) is 2. The van der Waals surface area contributed by atoms with E-state index in [4.69, 9.17) is 23.2 Å². The van der Waals surface area contributed by atoms with Gasteiger partial charge in [0, 0.05) is 5.02 Å². The summed E-state index contributed by atoms with van der Waals surface area (Å²) in [7, 11) is 1.20. The molecular formula is C12H13Cl2N3O3S. The lowest BCUT2D eigenvalue weighted by Gasteiger charge is -2.10. The smallest absolute Gasteiger partial charge is 0.435 e. The average Bonchev–Trinajstić information content (AvgIpc) is 2.42. The standard InChI is InChI=1S/C12H13Cl2N3O3S/c1-3-21-11(17-12(19)20-2)16-10(18)15-9-5-4-7(13)6-8(9)14/h4-6H,3H2,1-2H3,(H2,15,16,17,18,19). The molecule has 9 heteroatoms. The number of rotatable bonds is 2. The Kier molecular flexibility index (Phi) is 7.35. The van der Waals surface area contributed by atoms with Crippen molar-refractivity contribution in [1.29, 1.82) is 0 Å². The van der Waals surface area contributed by atoms with Crippen LogP contribution in [0.4, 0.5) is 15.3 Å². The van der Waals surface area contributed by atoms with Crippen LogP contribution in [-0.2, 0) is 4.74 Å². The normalized spacial score (nSPS) is 11.0. The fourth-order valence-electron chi connectivity index (χ4n) is 1.20. The molecule has 0 saturated carbocycles. The summed E-state index contributed by atoms with van der Waals surface area (Å²) in [5, 5.41) is 5.86. The number of nitrogens with one attached hydrogen (secondary N) is 2. The molecule has 0 radical (unpaired) electrons. The highest BCUT2D eigenvalue weighted by molar-refractivity contribution is 8.13. The lowest BCUT2D eigenvalue weighted by Crippen LogP contribution is -2.33. The second-order valence-electron chi connectivity index (χ2n) is 3.52. The summed E-state index contributed by atoms with van der Waals surface area (Å²) < 4.78 is 4.41. The first-order chi connectivity index (χ1) is 9.96. The number of ether oxygens (including phenoxy) is 1. The maximum atomic E-state index is 11.8. The van der Waals surface area contributed by atoms with Crippen LogP contribution < -0.4 is 10.6 Å². The molecule has 2 N–H and O–H groups in total. The van der Waals surface area contributed by atoms with Gasteiger partial charge in [0.1, 0.15) is 0 Å². The van der Waals surface area contributed by atoms with E-state index in [1.807, 2.05) is 6.92 Å². The van der Waals surface area contributed by atoms with E-state index >= 15 is 0 Å². The van der Waals surface area contributed by atoms with Gasteiger partial charge in [-0.2, -0.15) is 4.99 Å². The van der Waals surface area contributed by atoms with Crippen molar-refractivity contribution >= 4 is 57.9 Å². The number of nitrogens with zero attached hydrogens (tertiary/aromatic N) is 1. The highest BCUT2D eigenvalue weighted by Crippen LogP contribution is 2.25. The largest absolute Gasteiger partial charge is 0.451 e. The average molecular weight is 350 g/mol. The molecule has 0 saturated heterocycles. The summed E-state index contributed by atoms with van der Waals surface area (Å²) in [6, 6.07) is 4.08. The summed E-state index contributed by atoms with van der Waals surface area (Å²) in [5.74, 6) is 0.623. The van der Waals surface area contributed by atoms with Crippen LogP contribution >= 0.6 is 35.0 Å². The molecule has 1 aromatic rings. The van der Waals surface area contributed by atoms with E-state index in [2.05, 4.69) is 20.4 Å². The van der Waals surface area contributed by atoms with Gasteiger partial charge in [0.15, 0.2) is 5.17 Å². The van der Waals surface area contributed by atoms with Crippen molar-refractivity contribution in [2.24, 2.45) is 4.99 Å². The quantitative estimate of drug-likeness (QED) is 0.624. The van der Waals surface area contributed by atoms with E-state index in [0.29, 0.717) is 21.5 Å². The monoisotopic (exact) mass is 349 g/mol. The van der Waals surface area contributed by atoms with Gasteiger partial charge in [-0.05, 0) is 24.0 Å². The zero-order valence-corrected chi connectivity index (χ0v) is 13.6. The maximum absolute atomic E-state index is 11.8. The number of thioether (sulfide) groups is 1. The van der Waals surface area contributed by atoms with Gasteiger partial charge in [-0.15, -0.1) is 0 Å². The van der Waals surface area contributed by atoms with Gasteiger partial charge in [0.05, 0.1) is 17.8 Å². The Morgan fingerprint density at radius 2 is 2.10 bits per heavy atom. The Bertz CT molecular complexity index is 567. The summed E-state index contributed by atoms with van der Waals surface area (Å²) in [4.78, 5) is 26.5. The van der Waals surface area contributed by atoms with E-state index in [9.17, 15) is 9.59 Å². The molecule has 1 rings (SSSR count). The fraction of sp³-hybridized carbons (Fsp3) is 0.250. The van der Waals surface area contributed by atoms with Crippen molar-refractivity contribution in [2.45, 2.75) is 6.92 Å². The van der Waals surface area contributed by atoms with Gasteiger partial charge in [-0.3, -0.25) is 5.32 Å². The van der Waals surface area contributed by atoms with E-state index in [-0.39, 0.29) is 5.17 Å². The number of methoxy groups -OCH3 is 1. The number of carbonyl (C=O) groups excluding carboxylic acids is 2. The predicted octanol–water partition coefficient (Wildman–Crippen LogP) is 3.99. The Labute approximate surface area is 136 Å². The molecule has 0 atom stereocenters. The number of benzene rings is 1. The first kappa shape index (κ1) is 17.6. The van der Waals surface area contributed by atoms with Crippen LogP contribution in [0.1, 0.15) is 6.92 Å². The third-order valence-corrected chi connectivity index (χ3v) is 3.35. The second-order valence-corrected chi connectivity index (χ2v) is 5.62. The van der Waals surface area contributed by atoms with Crippen molar-refractivity contribution in [1.82, 2.24) is 5.32 Å². The summed E-state index contributed by atoms with van der Waals surface area (Å²) in [5.41, 5.74) is 0.387. The fourth-order valence-corrected chi connectivity index (χ4v) is 2.24. The van der Waals surface area contributed by atoms with E-state index in [1.54, 1.807) is 12.1 Å². The van der Waals surface area contributed by atoms with Gasteiger partial charge in [0.25, 0.3) is 0 Å². The van der Waals surface area contributed by atoms with Gasteiger partial charge < -0.3 is 10.1 Å². The van der Waals surface area contributed by atoms with Crippen LogP contribution in [0.5, 0.6) is 0 Å². The van der Waals surface area contributed by atoms with Crippen LogP contribution in [0.2, 0.25) is 10.0 Å². The number of anilines is 1. The Balaban J connectivity index is 2.74. The van der Waals surface area contributed by atoms with Crippen molar-refractivity contribution < 1.29 is 14.3 Å². The summed E-state index contributed by atoms with van der Waals surface area (Å²) in [6.07, 6.45) is -0.796. The van der Waals surface area contributed by atoms with Crippen LogP contribution in [0.25, 0.3) is 0 Å². The first-order valence-electron chi connectivity index (χ1n) is 5.78. The Hall–Kier alpha value is -1.44. The molecule has 21 heavy (non-hydrogen) atoms. The van der Waals surface area contributed by atoms with Crippen molar-refractivity contribution in [2.75, 3.05) is 18.2 Å². The number of hydrogen-bond acceptors (Lipinski definition) is 4. The van der Waals surface area contributed by atoms with Gasteiger partial charge in [-0.1, -0.05) is 41.9 Å². The summed E-state index contributed by atoms with van der Waals surface area (Å²) >= 11 is 12.9. The number of amidine groups is 1. The van der Waals surface area contributed by atoms with E-state index in [0.717, 1.165) is 0 Å². The molecule has 1 aromatic carbocycles. The number of carbonyl (C=O) groups is 2. The maximum Gasteiger partial charge on any atom is 0.435 e. The SMILES string of the molecule is CCSC(=NC(=O)OC)NC(=O)Nc1ccc(Cl)cc1Cl. The molecule has 0 bridgehead atoms. The molecule has 0 heterocycles. The molecule has 0 aromatic heterocycles. The Morgan fingerprint density at radius 3 is 2.67 bits per heavy atom. The number of aliphatic imine (C=N–C) groups is 1. The van der Waals surface area contributed by atoms with Gasteiger partial charge in [-0.25, -0.2) is 9.59 Å². The second kappa shape index (κ2) is 8.76. The molecular weight excluding hydrogens is 337 g/mol. The van der Waals surface area contributed by atoms with Gasteiger partial charge >= 0.3 is 12.1 Å². The zero-order chi connectivity index (χ0) is 15.8. The number of halogens is 2. The Morgan fingerprint density at radius 1 is 1.38 bits per heavy atom. The van der Waals surface area contributed by atoms with Crippen LogP contribution in [0.15, 0.2) is 23.2 Å². The molecule has 6 nitrogen and oxygen atoms in total. The minimum Gasteiger partial charge on any atom is -0.451 e. The van der Waals surface area contributed by atoms with Gasteiger partial charge in [0.2, 0.25) is 0 Å². The molecule has 0 aliphatic carbocycles. The van der Waals surface area contributed by atoms with Crippen molar-refractivity contribution in [3.8, 4) is 0 Å². The highest BCUT2D eigenvalue weighted by atomic mass is 35.5. The van der Waals surface area contributed by atoms with E-state index in [1.165, 1.54) is 24.9 Å². The molecule has 0 fully saturated rings. The molecule has 0 aliphatic rings. The lowest BCUT2D eigenvalue weighted by atomic mass is 10.3. The molecule has 114 valence electrons. The predicted molar refractivity (Wildman–Crippen MR) is 86.6 cm³/mol. The highest BCUT2D eigenvalue weighted by Gasteiger charge is 2.10. The number of urea groups is 1. The minimum absolute atomic E-state index is 0.131. The topological polar surface area (TPSA) is 79.8 Å². The van der Waals surface area contributed by atoms with Crippen LogP contribution in [0, 0.1) is 0 Å². The minimum atomic E-state index is -0.796. The number of amides is 3. The third kappa shape index (κ3) is 6.24. The lowest BCUT2D eigenvalue weighted by molar-refractivity contribution is 0.182. The van der Waals surface area contributed by atoms with Crippen LogP contribution in [0.3, 0.4) is 0 Å². The molecule has 0 aliphatic heterocycles. The van der Waals surface area contributed by atoms with Crippen molar-refractivity contribution in [3.05, 3.63) is 28.2 Å². The molecule has 0 spiro atoms. The zero-order valence-electron chi connectivity index (χ0n) is 11.3. The first-order valence-corrected chi connectivity index (χ1v) is 7.53. The van der Waals surface area contributed by atoms with E-state index < -0.39 is 12.1 Å². The third-order valence-electron chi connectivity index (χ3n) is 2.05. The molecule has 3 amide bonds. The van der Waals surface area contributed by atoms with Crippen molar-refractivity contribution in [3.63, 3.8) is 0 Å². The summed E-state index contributed by atoms with van der Waals surface area (Å²) in [6.45, 7) is 1.85.